The zero-order chi connectivity index (χ0) is 21.5. The molecule has 1 heterocycles. The number of ether oxygens (including phenoxy) is 1. The molecule has 3 aliphatic carbocycles. The van der Waals surface area contributed by atoms with Gasteiger partial charge < -0.3 is 4.74 Å². The molecule has 160 valence electrons. The molecule has 0 spiro atoms. The van der Waals surface area contributed by atoms with Crippen molar-refractivity contribution in [1.29, 1.82) is 0 Å². The summed E-state index contributed by atoms with van der Waals surface area (Å²) in [5, 5.41) is 0. The minimum absolute atomic E-state index is 0.145. The monoisotopic (exact) mass is 417 g/mol. The smallest absolute Gasteiger partial charge is 0.326 e. The highest BCUT2D eigenvalue weighted by Gasteiger charge is 2.61. The van der Waals surface area contributed by atoms with E-state index in [9.17, 15) is 14.4 Å². The van der Waals surface area contributed by atoms with Crippen LogP contribution < -0.4 is 0 Å². The van der Waals surface area contributed by atoms with Gasteiger partial charge in [0.15, 0.2) is 0 Å². The molecule has 2 amide bonds. The van der Waals surface area contributed by atoms with Crippen LogP contribution in [0.3, 0.4) is 0 Å². The minimum Gasteiger partial charge on any atom is -0.464 e. The molecule has 2 bridgehead atoms. The van der Waals surface area contributed by atoms with Crippen molar-refractivity contribution in [3.05, 3.63) is 70.8 Å². The van der Waals surface area contributed by atoms with E-state index in [0.717, 1.165) is 52.8 Å². The number of nitrogens with zero attached hydrogens (tertiary/aromatic N) is 1. The van der Waals surface area contributed by atoms with E-state index in [0.29, 0.717) is 6.61 Å². The first kappa shape index (κ1) is 20.0. The van der Waals surface area contributed by atoms with Crippen molar-refractivity contribution in [1.82, 2.24) is 4.90 Å². The number of carbonyl (C=O) groups excluding carboxylic acids is 3. The average Bonchev–Trinajstić information content (AvgIpc) is 3.04. The molecule has 6 rings (SSSR count). The highest BCUT2D eigenvalue weighted by Crippen LogP contribution is 2.60. The van der Waals surface area contributed by atoms with Crippen molar-refractivity contribution >= 4 is 17.8 Å². The van der Waals surface area contributed by atoms with Gasteiger partial charge in [0.05, 0.1) is 18.4 Å². The summed E-state index contributed by atoms with van der Waals surface area (Å²) in [6.45, 7) is 2.17. The molecular weight excluding hydrogens is 390 g/mol. The molecule has 31 heavy (non-hydrogen) atoms. The van der Waals surface area contributed by atoms with E-state index in [4.69, 9.17) is 4.74 Å². The van der Waals surface area contributed by atoms with Crippen LogP contribution in [0.5, 0.6) is 0 Å². The lowest BCUT2D eigenvalue weighted by molar-refractivity contribution is -0.153. The Labute approximate surface area is 182 Å². The van der Waals surface area contributed by atoms with Gasteiger partial charge in [0.2, 0.25) is 11.8 Å². The second kappa shape index (κ2) is 7.95. The lowest BCUT2D eigenvalue weighted by atomic mass is 9.55. The molecule has 5 heteroatoms. The maximum atomic E-state index is 13.4. The van der Waals surface area contributed by atoms with Gasteiger partial charge in [-0.3, -0.25) is 19.3 Å². The van der Waals surface area contributed by atoms with Crippen LogP contribution in [0.4, 0.5) is 0 Å². The highest BCUT2D eigenvalue weighted by molar-refractivity contribution is 6.09. The summed E-state index contributed by atoms with van der Waals surface area (Å²) in [6.07, 6.45) is 4.03. The summed E-state index contributed by atoms with van der Waals surface area (Å²) in [7, 11) is 0. The fourth-order valence-corrected chi connectivity index (χ4v) is 5.78. The number of unbranched alkanes of at least 4 members (excludes halogenated alkanes) is 3. The number of rotatable bonds is 7. The van der Waals surface area contributed by atoms with Crippen molar-refractivity contribution in [2.24, 2.45) is 11.8 Å². The second-order valence-corrected chi connectivity index (χ2v) is 8.81. The van der Waals surface area contributed by atoms with Gasteiger partial charge in [-0.1, -0.05) is 74.7 Å². The number of hydrogen-bond acceptors (Lipinski definition) is 4. The zero-order valence-corrected chi connectivity index (χ0v) is 17.8. The van der Waals surface area contributed by atoms with Gasteiger partial charge in [-0.15, -0.1) is 0 Å². The predicted molar refractivity (Wildman–Crippen MR) is 115 cm³/mol. The van der Waals surface area contributed by atoms with Crippen molar-refractivity contribution in [3.63, 3.8) is 0 Å². The average molecular weight is 418 g/mol. The minimum atomic E-state index is -0.501. The number of carbonyl (C=O) groups is 3. The molecule has 1 saturated heterocycles. The van der Waals surface area contributed by atoms with E-state index in [1.165, 1.54) is 0 Å². The van der Waals surface area contributed by atoms with Gasteiger partial charge in [-0.2, -0.15) is 0 Å². The molecule has 2 aromatic carbocycles. The van der Waals surface area contributed by atoms with Crippen LogP contribution in [-0.2, 0) is 19.1 Å². The van der Waals surface area contributed by atoms with E-state index in [-0.39, 0.29) is 30.2 Å². The predicted octanol–water partition coefficient (Wildman–Crippen LogP) is 4.00. The number of likely N-dealkylation sites (tertiary alicyclic amines) is 1. The Morgan fingerprint density at radius 3 is 1.74 bits per heavy atom. The lowest BCUT2D eigenvalue weighted by Gasteiger charge is -2.45. The Hall–Kier alpha value is -2.95. The standard InChI is InChI=1S/C26H27NO4/c1-2-3-4-9-14-31-20(28)15-27-25(29)23-21-16-10-5-6-11-17(16)22(24(23)26(27)30)19-13-8-7-12-18(19)21/h5-8,10-13,21-24H,2-4,9,14-15H2,1H3/t21?,22?,23-,24-/m0/s1. The van der Waals surface area contributed by atoms with Crippen LogP contribution in [0.25, 0.3) is 0 Å². The molecular formula is C26H27NO4. The van der Waals surface area contributed by atoms with E-state index in [2.05, 4.69) is 31.2 Å². The van der Waals surface area contributed by atoms with E-state index in [1.54, 1.807) is 0 Å². The van der Waals surface area contributed by atoms with Gasteiger partial charge in [0.25, 0.3) is 0 Å². The molecule has 0 saturated carbocycles. The number of esters is 1. The fraction of sp³-hybridized carbons (Fsp3) is 0.423. The molecule has 5 nitrogen and oxygen atoms in total. The maximum absolute atomic E-state index is 13.4. The van der Waals surface area contributed by atoms with E-state index < -0.39 is 17.8 Å². The van der Waals surface area contributed by atoms with Crippen molar-refractivity contribution in [2.75, 3.05) is 13.2 Å². The van der Waals surface area contributed by atoms with E-state index >= 15 is 0 Å². The van der Waals surface area contributed by atoms with Gasteiger partial charge in [0.1, 0.15) is 6.54 Å². The lowest BCUT2D eigenvalue weighted by Crippen LogP contribution is -2.41. The third kappa shape index (κ3) is 3.10. The second-order valence-electron chi connectivity index (χ2n) is 8.81. The first-order valence-electron chi connectivity index (χ1n) is 11.3. The van der Waals surface area contributed by atoms with Gasteiger partial charge >= 0.3 is 5.97 Å². The van der Waals surface area contributed by atoms with Crippen molar-refractivity contribution < 1.29 is 19.1 Å². The van der Waals surface area contributed by atoms with Gasteiger partial charge in [-0.25, -0.2) is 0 Å². The van der Waals surface area contributed by atoms with E-state index in [1.807, 2.05) is 24.3 Å². The third-order valence-electron chi connectivity index (χ3n) is 7.09. The number of benzene rings is 2. The Bertz CT molecular complexity index is 930. The molecule has 0 unspecified atom stereocenters. The zero-order valence-electron chi connectivity index (χ0n) is 17.8. The highest BCUT2D eigenvalue weighted by atomic mass is 16.5. The summed E-state index contributed by atoms with van der Waals surface area (Å²) in [6, 6.07) is 16.3. The van der Waals surface area contributed by atoms with Gasteiger partial charge in [0, 0.05) is 11.8 Å². The normalized spacial score (nSPS) is 25.3. The molecule has 0 N–H and O–H groups in total. The van der Waals surface area contributed by atoms with Crippen LogP contribution in [-0.4, -0.2) is 35.8 Å². The number of imide groups is 1. The topological polar surface area (TPSA) is 63.7 Å². The molecule has 1 fully saturated rings. The van der Waals surface area contributed by atoms with Crippen molar-refractivity contribution in [2.45, 2.75) is 44.4 Å². The summed E-state index contributed by atoms with van der Waals surface area (Å²) in [5.74, 6) is -2.16. The summed E-state index contributed by atoms with van der Waals surface area (Å²) in [5.41, 5.74) is 4.53. The van der Waals surface area contributed by atoms with Gasteiger partial charge in [-0.05, 0) is 28.7 Å². The Morgan fingerprint density at radius 2 is 1.29 bits per heavy atom. The van der Waals surface area contributed by atoms with Crippen LogP contribution in [0, 0.1) is 11.8 Å². The number of hydrogen-bond donors (Lipinski definition) is 0. The Morgan fingerprint density at radius 1 is 0.806 bits per heavy atom. The Kier molecular flexibility index (Phi) is 5.12. The van der Waals surface area contributed by atoms with Crippen LogP contribution in [0.15, 0.2) is 48.5 Å². The van der Waals surface area contributed by atoms with Crippen molar-refractivity contribution in [3.8, 4) is 0 Å². The summed E-state index contributed by atoms with van der Waals surface area (Å²) < 4.78 is 5.31. The third-order valence-corrected chi connectivity index (χ3v) is 7.09. The maximum Gasteiger partial charge on any atom is 0.326 e. The summed E-state index contributed by atoms with van der Waals surface area (Å²) in [4.78, 5) is 40.3. The molecule has 4 aliphatic rings. The SMILES string of the molecule is CCCCCCOC(=O)CN1C(=O)[C@H]2C3c4ccccc4C(c4ccccc43)[C@@H]2C1=O. The quantitative estimate of drug-likeness (QED) is 0.388. The first-order chi connectivity index (χ1) is 15.1. The molecule has 2 atom stereocenters. The largest absolute Gasteiger partial charge is 0.464 e. The molecule has 0 aromatic heterocycles. The number of amides is 2. The molecule has 1 aliphatic heterocycles. The van der Waals surface area contributed by atoms with Crippen LogP contribution >= 0.6 is 0 Å². The van der Waals surface area contributed by atoms with Crippen LogP contribution in [0.2, 0.25) is 0 Å². The van der Waals surface area contributed by atoms with Crippen LogP contribution in [0.1, 0.15) is 66.7 Å². The fourth-order valence-electron chi connectivity index (χ4n) is 5.78. The molecule has 0 radical (unpaired) electrons. The Balaban J connectivity index is 1.40. The molecule has 2 aromatic rings. The summed E-state index contributed by atoms with van der Waals surface area (Å²) >= 11 is 0. The first-order valence-corrected chi connectivity index (χ1v) is 11.3.